The van der Waals surface area contributed by atoms with Crippen LogP contribution < -0.4 is 5.32 Å². The van der Waals surface area contributed by atoms with Gasteiger partial charge in [-0.05, 0) is 48.7 Å². The van der Waals surface area contributed by atoms with E-state index in [-0.39, 0.29) is 17.3 Å². The number of likely N-dealkylation sites (tertiary alicyclic amines) is 1. The van der Waals surface area contributed by atoms with Crippen molar-refractivity contribution in [3.8, 4) is 0 Å². The molecule has 1 fully saturated rings. The summed E-state index contributed by atoms with van der Waals surface area (Å²) >= 11 is 9.32. The largest absolute Gasteiger partial charge is 0.339 e. The summed E-state index contributed by atoms with van der Waals surface area (Å²) < 4.78 is 25.6. The number of halogens is 2. The monoisotopic (exact) mass is 498 g/mol. The number of nitrogens with one attached hydrogen (secondary N) is 1. The van der Waals surface area contributed by atoms with Crippen molar-refractivity contribution in [1.82, 2.24) is 4.90 Å². The van der Waals surface area contributed by atoms with Gasteiger partial charge in [0.05, 0.1) is 17.0 Å². The maximum Gasteiger partial charge on any atom is 0.255 e. The van der Waals surface area contributed by atoms with Crippen molar-refractivity contribution in [2.75, 3.05) is 24.2 Å². The lowest BCUT2D eigenvalue weighted by molar-refractivity contribution is -0.113. The van der Waals surface area contributed by atoms with E-state index in [1.165, 1.54) is 6.07 Å². The number of hydrogen-bond donors (Lipinski definition) is 1. The van der Waals surface area contributed by atoms with E-state index in [9.17, 15) is 18.0 Å². The Bertz CT molecular complexity index is 1040. The number of benzene rings is 2. The quantitative estimate of drug-likeness (QED) is 0.653. The molecule has 154 valence electrons. The summed E-state index contributed by atoms with van der Waals surface area (Å²) in [5.41, 5.74) is 1.10. The average molecular weight is 500 g/mol. The minimum atomic E-state index is -3.69. The smallest absolute Gasteiger partial charge is 0.255 e. The zero-order chi connectivity index (χ0) is 21.0. The lowest BCUT2D eigenvalue weighted by Crippen LogP contribution is -2.30. The van der Waals surface area contributed by atoms with Crippen molar-refractivity contribution in [2.45, 2.75) is 18.6 Å². The van der Waals surface area contributed by atoms with Crippen LogP contribution in [0.1, 0.15) is 28.8 Å². The van der Waals surface area contributed by atoms with Crippen molar-refractivity contribution in [2.24, 2.45) is 0 Å². The maximum atomic E-state index is 12.7. The van der Waals surface area contributed by atoms with E-state index in [0.717, 1.165) is 17.3 Å². The standard InChI is InChI=1S/C20H20BrClN2O4S/c21-15-5-3-4-14(10-15)12-29(27,28)13-19(25)23-18-11-16(22)6-7-17(18)20(26)24-8-1-2-9-24/h3-7,10-11H,1-2,8-9,12-13H2,(H,23,25). The molecule has 1 N–H and O–H groups in total. The van der Waals surface area contributed by atoms with Gasteiger partial charge in [-0.3, -0.25) is 9.59 Å². The van der Waals surface area contributed by atoms with Gasteiger partial charge in [0.2, 0.25) is 5.91 Å². The summed E-state index contributed by atoms with van der Waals surface area (Å²) in [6.07, 6.45) is 1.88. The molecule has 0 radical (unpaired) electrons. The summed E-state index contributed by atoms with van der Waals surface area (Å²) in [6, 6.07) is 11.5. The van der Waals surface area contributed by atoms with Crippen LogP contribution in [-0.4, -0.2) is 44.0 Å². The van der Waals surface area contributed by atoms with Gasteiger partial charge in [0.15, 0.2) is 9.84 Å². The van der Waals surface area contributed by atoms with Gasteiger partial charge < -0.3 is 10.2 Å². The van der Waals surface area contributed by atoms with Crippen molar-refractivity contribution in [3.05, 3.63) is 63.1 Å². The predicted molar refractivity (Wildman–Crippen MR) is 117 cm³/mol. The second-order valence-corrected chi connectivity index (χ2v) is 10.3. The Kier molecular flexibility index (Phi) is 6.97. The van der Waals surface area contributed by atoms with Crippen LogP contribution in [0, 0.1) is 0 Å². The van der Waals surface area contributed by atoms with Gasteiger partial charge in [0, 0.05) is 22.6 Å². The van der Waals surface area contributed by atoms with Crippen LogP contribution in [0.25, 0.3) is 0 Å². The Morgan fingerprint density at radius 2 is 1.83 bits per heavy atom. The molecule has 2 amide bonds. The minimum absolute atomic E-state index is 0.202. The molecule has 0 aliphatic carbocycles. The Morgan fingerprint density at radius 3 is 2.52 bits per heavy atom. The molecule has 9 heteroatoms. The minimum Gasteiger partial charge on any atom is -0.339 e. The van der Waals surface area contributed by atoms with Gasteiger partial charge in [-0.2, -0.15) is 0 Å². The van der Waals surface area contributed by atoms with E-state index in [0.29, 0.717) is 29.2 Å². The zero-order valence-corrected chi connectivity index (χ0v) is 18.7. The number of nitrogens with zero attached hydrogens (tertiary/aromatic N) is 1. The Hall–Kier alpha value is -1.90. The molecule has 6 nitrogen and oxygen atoms in total. The number of carbonyl (C=O) groups excluding carboxylic acids is 2. The maximum absolute atomic E-state index is 12.7. The van der Waals surface area contributed by atoms with Crippen LogP contribution in [0.5, 0.6) is 0 Å². The normalized spacial score (nSPS) is 14.1. The lowest BCUT2D eigenvalue weighted by atomic mass is 10.1. The molecule has 0 saturated carbocycles. The first-order valence-corrected chi connectivity index (χ1v) is 12.1. The third kappa shape index (κ3) is 6.04. The van der Waals surface area contributed by atoms with Crippen LogP contribution in [0.2, 0.25) is 5.02 Å². The SMILES string of the molecule is O=C(CS(=O)(=O)Cc1cccc(Br)c1)Nc1cc(Cl)ccc1C(=O)N1CCCC1. The third-order valence-corrected chi connectivity index (χ3v) is 6.71. The average Bonchev–Trinajstić information content (AvgIpc) is 3.15. The fraction of sp³-hybridized carbons (Fsp3) is 0.300. The highest BCUT2D eigenvalue weighted by Gasteiger charge is 2.24. The number of carbonyl (C=O) groups is 2. The predicted octanol–water partition coefficient (Wildman–Crippen LogP) is 3.89. The van der Waals surface area contributed by atoms with Crippen LogP contribution in [0.3, 0.4) is 0 Å². The summed E-state index contributed by atoms with van der Waals surface area (Å²) in [7, 11) is -3.69. The van der Waals surface area contributed by atoms with E-state index in [1.807, 2.05) is 0 Å². The molecule has 0 spiro atoms. The third-order valence-electron chi connectivity index (χ3n) is 4.51. The molecule has 29 heavy (non-hydrogen) atoms. The molecular formula is C20H20BrClN2O4S. The number of sulfone groups is 1. The second kappa shape index (κ2) is 9.28. The molecule has 3 rings (SSSR count). The highest BCUT2D eigenvalue weighted by Crippen LogP contribution is 2.24. The molecule has 0 atom stereocenters. The molecule has 1 saturated heterocycles. The van der Waals surface area contributed by atoms with Gasteiger partial charge in [-0.25, -0.2) is 8.42 Å². The van der Waals surface area contributed by atoms with E-state index < -0.39 is 21.5 Å². The first-order valence-electron chi connectivity index (χ1n) is 9.07. The van der Waals surface area contributed by atoms with Gasteiger partial charge in [-0.1, -0.05) is 39.7 Å². The highest BCUT2D eigenvalue weighted by molar-refractivity contribution is 9.10. The van der Waals surface area contributed by atoms with Crippen LogP contribution in [0.15, 0.2) is 46.9 Å². The van der Waals surface area contributed by atoms with Gasteiger partial charge in [0.1, 0.15) is 5.75 Å². The molecule has 0 unspecified atom stereocenters. The van der Waals surface area contributed by atoms with Crippen molar-refractivity contribution >= 4 is 54.9 Å². The van der Waals surface area contributed by atoms with Crippen LogP contribution >= 0.6 is 27.5 Å². The molecule has 2 aromatic rings. The highest BCUT2D eigenvalue weighted by atomic mass is 79.9. The number of hydrogen-bond acceptors (Lipinski definition) is 4. The summed E-state index contributed by atoms with van der Waals surface area (Å²) in [6.45, 7) is 1.33. The molecule has 0 aromatic heterocycles. The zero-order valence-electron chi connectivity index (χ0n) is 15.5. The molecule has 0 bridgehead atoms. The Balaban J connectivity index is 1.73. The number of anilines is 1. The topological polar surface area (TPSA) is 83.5 Å². The fourth-order valence-electron chi connectivity index (χ4n) is 3.21. The molecular weight excluding hydrogens is 480 g/mol. The van der Waals surface area contributed by atoms with E-state index in [2.05, 4.69) is 21.2 Å². The van der Waals surface area contributed by atoms with E-state index in [1.54, 1.807) is 41.3 Å². The fourth-order valence-corrected chi connectivity index (χ4v) is 5.09. The number of rotatable bonds is 6. The van der Waals surface area contributed by atoms with Gasteiger partial charge in [0.25, 0.3) is 5.91 Å². The Labute approximate surface area is 183 Å². The number of amides is 2. The second-order valence-electron chi connectivity index (χ2n) is 6.90. The van der Waals surface area contributed by atoms with Crippen LogP contribution in [-0.2, 0) is 20.4 Å². The molecule has 1 heterocycles. The van der Waals surface area contributed by atoms with Crippen molar-refractivity contribution in [1.29, 1.82) is 0 Å². The van der Waals surface area contributed by atoms with E-state index in [4.69, 9.17) is 11.6 Å². The van der Waals surface area contributed by atoms with Gasteiger partial charge >= 0.3 is 0 Å². The van der Waals surface area contributed by atoms with Crippen molar-refractivity contribution < 1.29 is 18.0 Å². The molecule has 1 aliphatic heterocycles. The first-order chi connectivity index (χ1) is 13.7. The molecule has 2 aromatic carbocycles. The Morgan fingerprint density at radius 1 is 1.10 bits per heavy atom. The van der Waals surface area contributed by atoms with Crippen LogP contribution in [0.4, 0.5) is 5.69 Å². The van der Waals surface area contributed by atoms with E-state index >= 15 is 0 Å². The summed E-state index contributed by atoms with van der Waals surface area (Å²) in [4.78, 5) is 26.9. The first kappa shape index (κ1) is 21.8. The summed E-state index contributed by atoms with van der Waals surface area (Å²) in [5.74, 6) is -1.86. The lowest BCUT2D eigenvalue weighted by Gasteiger charge is -2.18. The van der Waals surface area contributed by atoms with Gasteiger partial charge in [-0.15, -0.1) is 0 Å². The van der Waals surface area contributed by atoms with Crippen molar-refractivity contribution in [3.63, 3.8) is 0 Å². The summed E-state index contributed by atoms with van der Waals surface area (Å²) in [5, 5.41) is 2.89. The molecule has 1 aliphatic rings.